The third-order valence-corrected chi connectivity index (χ3v) is 5.87. The Labute approximate surface area is 163 Å². The van der Waals surface area contributed by atoms with E-state index in [4.69, 9.17) is 23.2 Å². The summed E-state index contributed by atoms with van der Waals surface area (Å²) in [6.45, 7) is 4.90. The van der Waals surface area contributed by atoms with Crippen LogP contribution >= 0.6 is 34.7 Å². The second-order valence-corrected chi connectivity index (χ2v) is 7.55. The van der Waals surface area contributed by atoms with E-state index in [1.54, 1.807) is 23.1 Å². The van der Waals surface area contributed by atoms with Gasteiger partial charge < -0.3 is 9.47 Å². The van der Waals surface area contributed by atoms with E-state index in [0.29, 0.717) is 40.3 Å². The van der Waals surface area contributed by atoms with Crippen molar-refractivity contribution in [1.82, 2.24) is 29.0 Å². The molecule has 4 rings (SSSR count). The van der Waals surface area contributed by atoms with Gasteiger partial charge in [0.05, 0.1) is 16.1 Å². The van der Waals surface area contributed by atoms with Crippen LogP contribution in [-0.4, -0.2) is 41.5 Å². The van der Waals surface area contributed by atoms with Crippen molar-refractivity contribution in [1.29, 1.82) is 0 Å². The minimum atomic E-state index is -0.221. The first-order valence-corrected chi connectivity index (χ1v) is 9.48. The molecule has 26 heavy (non-hydrogen) atoms. The van der Waals surface area contributed by atoms with E-state index in [1.165, 1.54) is 11.5 Å². The predicted molar refractivity (Wildman–Crippen MR) is 99.6 cm³/mol. The van der Waals surface area contributed by atoms with Gasteiger partial charge in [-0.05, 0) is 43.6 Å². The van der Waals surface area contributed by atoms with E-state index in [0.717, 1.165) is 10.8 Å². The van der Waals surface area contributed by atoms with Crippen molar-refractivity contribution in [3.63, 3.8) is 0 Å². The first-order valence-electron chi connectivity index (χ1n) is 7.95. The molecule has 1 amide bonds. The number of rotatable bonds is 2. The topological polar surface area (TPSA) is 76.8 Å². The number of carbonyl (C=O) groups excluding carboxylic acids is 1. The fraction of sp³-hybridized carbons (Fsp3) is 0.312. The molecule has 0 saturated heterocycles. The molecule has 10 heteroatoms. The van der Waals surface area contributed by atoms with E-state index in [9.17, 15) is 4.79 Å². The zero-order valence-corrected chi connectivity index (χ0v) is 16.3. The van der Waals surface area contributed by atoms with Crippen LogP contribution in [0.1, 0.15) is 35.0 Å². The highest BCUT2D eigenvalue weighted by atomic mass is 35.5. The van der Waals surface area contributed by atoms with E-state index < -0.39 is 0 Å². The minimum Gasteiger partial charge on any atom is -0.327 e. The van der Waals surface area contributed by atoms with Crippen molar-refractivity contribution < 1.29 is 4.79 Å². The molecule has 0 saturated carbocycles. The molecule has 1 aliphatic heterocycles. The monoisotopic (exact) mass is 408 g/mol. The van der Waals surface area contributed by atoms with Gasteiger partial charge >= 0.3 is 0 Å². The van der Waals surface area contributed by atoms with Crippen LogP contribution in [0.15, 0.2) is 18.2 Å². The van der Waals surface area contributed by atoms with E-state index in [1.807, 2.05) is 18.4 Å². The Morgan fingerprint density at radius 3 is 2.73 bits per heavy atom. The van der Waals surface area contributed by atoms with Crippen LogP contribution < -0.4 is 0 Å². The normalized spacial score (nSPS) is 16.6. The van der Waals surface area contributed by atoms with Gasteiger partial charge in [0.2, 0.25) is 0 Å². The van der Waals surface area contributed by atoms with Gasteiger partial charge in [-0.25, -0.2) is 4.98 Å². The maximum atomic E-state index is 12.9. The minimum absolute atomic E-state index is 0.112. The maximum absolute atomic E-state index is 12.9. The largest absolute Gasteiger partial charge is 0.327 e. The summed E-state index contributed by atoms with van der Waals surface area (Å²) in [7, 11) is 0. The van der Waals surface area contributed by atoms with Crippen molar-refractivity contribution in [3.8, 4) is 10.8 Å². The Hall–Kier alpha value is -2.03. The number of fused-ring (bicyclic) bond motifs is 1. The van der Waals surface area contributed by atoms with E-state index in [2.05, 4.69) is 19.6 Å². The highest BCUT2D eigenvalue weighted by Gasteiger charge is 2.32. The van der Waals surface area contributed by atoms with Crippen LogP contribution in [0, 0.1) is 6.92 Å². The van der Waals surface area contributed by atoms with Crippen molar-refractivity contribution in [2.75, 3.05) is 6.54 Å². The Morgan fingerprint density at radius 2 is 2.04 bits per heavy atom. The van der Waals surface area contributed by atoms with Crippen molar-refractivity contribution in [2.24, 2.45) is 0 Å². The SMILES string of the molecule is Cc1nsc(-c2nnc3n2CCN(C(=O)c2ccc(Cl)c(Cl)c2)[C@@H]3C)n1. The highest BCUT2D eigenvalue weighted by molar-refractivity contribution is 7.09. The summed E-state index contributed by atoms with van der Waals surface area (Å²) in [4.78, 5) is 19.1. The molecule has 3 heterocycles. The molecular weight excluding hydrogens is 395 g/mol. The number of hydrogen-bond acceptors (Lipinski definition) is 6. The second kappa shape index (κ2) is 6.61. The number of amides is 1. The number of carbonyl (C=O) groups is 1. The van der Waals surface area contributed by atoms with Crippen LogP contribution in [0.5, 0.6) is 0 Å². The van der Waals surface area contributed by atoms with Crippen LogP contribution in [-0.2, 0) is 6.54 Å². The summed E-state index contributed by atoms with van der Waals surface area (Å²) >= 11 is 13.3. The van der Waals surface area contributed by atoms with Gasteiger partial charge in [-0.3, -0.25) is 4.79 Å². The maximum Gasteiger partial charge on any atom is 0.254 e. The highest BCUT2D eigenvalue weighted by Crippen LogP contribution is 2.31. The van der Waals surface area contributed by atoms with Gasteiger partial charge in [-0.1, -0.05) is 23.2 Å². The first kappa shape index (κ1) is 17.4. The molecular formula is C16H14Cl2N6OS. The predicted octanol–water partition coefficient (Wildman–Crippen LogP) is 3.63. The molecule has 1 atom stereocenters. The molecule has 0 spiro atoms. The zero-order valence-electron chi connectivity index (χ0n) is 14.0. The molecule has 134 valence electrons. The van der Waals surface area contributed by atoms with E-state index in [-0.39, 0.29) is 11.9 Å². The lowest BCUT2D eigenvalue weighted by molar-refractivity contribution is 0.0638. The third kappa shape index (κ3) is 2.87. The lowest BCUT2D eigenvalue weighted by atomic mass is 10.1. The van der Waals surface area contributed by atoms with Crippen molar-refractivity contribution in [3.05, 3.63) is 45.5 Å². The molecule has 2 aromatic heterocycles. The fourth-order valence-electron chi connectivity index (χ4n) is 3.00. The number of halogens is 2. The average molecular weight is 409 g/mol. The fourth-order valence-corrected chi connectivity index (χ4v) is 3.97. The Balaban J connectivity index is 1.64. The Morgan fingerprint density at radius 1 is 1.23 bits per heavy atom. The van der Waals surface area contributed by atoms with Gasteiger partial charge in [-0.2, -0.15) is 4.37 Å². The summed E-state index contributed by atoms with van der Waals surface area (Å²) in [5.74, 6) is 2.02. The summed E-state index contributed by atoms with van der Waals surface area (Å²) < 4.78 is 6.20. The lowest BCUT2D eigenvalue weighted by Crippen LogP contribution is -2.41. The molecule has 0 aliphatic carbocycles. The molecule has 0 bridgehead atoms. The molecule has 0 radical (unpaired) electrons. The van der Waals surface area contributed by atoms with E-state index >= 15 is 0 Å². The molecule has 7 nitrogen and oxygen atoms in total. The first-order chi connectivity index (χ1) is 12.5. The number of hydrogen-bond donors (Lipinski definition) is 0. The van der Waals surface area contributed by atoms with Gasteiger partial charge in [-0.15, -0.1) is 10.2 Å². The van der Waals surface area contributed by atoms with Crippen LogP contribution in [0.4, 0.5) is 0 Å². The Kier molecular flexibility index (Phi) is 4.42. The summed E-state index contributed by atoms with van der Waals surface area (Å²) in [5, 5.41) is 10.1. The molecule has 0 N–H and O–H groups in total. The molecule has 1 aliphatic rings. The number of benzene rings is 1. The zero-order chi connectivity index (χ0) is 18.4. The summed E-state index contributed by atoms with van der Waals surface area (Å²) in [6, 6.07) is 4.68. The number of aromatic nitrogens is 5. The Bertz CT molecular complexity index is 1000. The third-order valence-electron chi connectivity index (χ3n) is 4.33. The molecule has 1 aromatic carbocycles. The van der Waals surface area contributed by atoms with Crippen LogP contribution in [0.25, 0.3) is 10.8 Å². The molecule has 0 unspecified atom stereocenters. The summed E-state index contributed by atoms with van der Waals surface area (Å²) in [6.07, 6.45) is 0. The van der Waals surface area contributed by atoms with Crippen molar-refractivity contribution >= 4 is 40.6 Å². The van der Waals surface area contributed by atoms with Gasteiger partial charge in [0.25, 0.3) is 5.91 Å². The van der Waals surface area contributed by atoms with Gasteiger partial charge in [0.15, 0.2) is 16.7 Å². The second-order valence-electron chi connectivity index (χ2n) is 5.98. The van der Waals surface area contributed by atoms with Gasteiger partial charge in [0.1, 0.15) is 5.82 Å². The van der Waals surface area contributed by atoms with Crippen molar-refractivity contribution in [2.45, 2.75) is 26.4 Å². The number of nitrogens with zero attached hydrogens (tertiary/aromatic N) is 6. The van der Waals surface area contributed by atoms with Crippen LogP contribution in [0.2, 0.25) is 10.0 Å². The van der Waals surface area contributed by atoms with Gasteiger partial charge in [0, 0.05) is 18.7 Å². The number of aryl methyl sites for hydroxylation is 1. The lowest BCUT2D eigenvalue weighted by Gasteiger charge is -2.33. The average Bonchev–Trinajstić information content (AvgIpc) is 3.23. The van der Waals surface area contributed by atoms with Crippen LogP contribution in [0.3, 0.4) is 0 Å². The standard InChI is InChI=1S/C16H14Cl2N6OS/c1-8-13-20-21-14(15-19-9(2)22-26-15)24(13)6-5-23(8)16(25)10-3-4-11(17)12(18)7-10/h3-4,7-8H,5-6H2,1-2H3/t8-/m1/s1. The summed E-state index contributed by atoms with van der Waals surface area (Å²) in [5.41, 5.74) is 0.499. The molecule has 3 aromatic rings. The quantitative estimate of drug-likeness (QED) is 0.646. The molecule has 0 fully saturated rings. The smallest absolute Gasteiger partial charge is 0.254 e.